The SMILES string of the molecule is CCC1CCC2CC2(S)CCC(C)CCCC1C. The van der Waals surface area contributed by atoms with Crippen molar-refractivity contribution in [2.75, 3.05) is 0 Å². The molecule has 0 aromatic rings. The van der Waals surface area contributed by atoms with E-state index in [0.717, 1.165) is 23.7 Å². The summed E-state index contributed by atoms with van der Waals surface area (Å²) in [6.45, 7) is 7.32. The van der Waals surface area contributed by atoms with Gasteiger partial charge in [0, 0.05) is 4.75 Å². The molecule has 0 bridgehead atoms. The van der Waals surface area contributed by atoms with Crippen LogP contribution >= 0.6 is 12.6 Å². The van der Waals surface area contributed by atoms with Crippen LogP contribution in [0.5, 0.6) is 0 Å². The van der Waals surface area contributed by atoms with E-state index in [-0.39, 0.29) is 0 Å². The third kappa shape index (κ3) is 3.68. The molecule has 2 fully saturated rings. The van der Waals surface area contributed by atoms with E-state index < -0.39 is 0 Å². The molecule has 0 spiro atoms. The van der Waals surface area contributed by atoms with Crippen LogP contribution in [-0.4, -0.2) is 4.75 Å². The van der Waals surface area contributed by atoms with Gasteiger partial charge in [0.15, 0.2) is 0 Å². The fourth-order valence-electron chi connectivity index (χ4n) is 4.02. The van der Waals surface area contributed by atoms with Gasteiger partial charge in [0.2, 0.25) is 0 Å². The van der Waals surface area contributed by atoms with Crippen molar-refractivity contribution in [1.82, 2.24) is 0 Å². The molecule has 0 saturated heterocycles. The minimum atomic E-state index is 0.439. The fraction of sp³-hybridized carbons (Fsp3) is 1.00. The summed E-state index contributed by atoms with van der Waals surface area (Å²) in [5.74, 6) is 3.77. The number of hydrogen-bond donors (Lipinski definition) is 1. The van der Waals surface area contributed by atoms with E-state index in [9.17, 15) is 0 Å². The Morgan fingerprint density at radius 1 is 1.06 bits per heavy atom. The molecule has 2 aliphatic carbocycles. The highest BCUT2D eigenvalue weighted by molar-refractivity contribution is 7.82. The molecule has 0 aromatic heterocycles. The van der Waals surface area contributed by atoms with E-state index in [2.05, 4.69) is 20.8 Å². The van der Waals surface area contributed by atoms with Gasteiger partial charge < -0.3 is 0 Å². The monoisotopic (exact) mass is 268 g/mol. The Hall–Kier alpha value is 0.350. The molecule has 5 atom stereocenters. The average Bonchev–Trinajstić information content (AvgIpc) is 2.98. The van der Waals surface area contributed by atoms with Gasteiger partial charge in [0.1, 0.15) is 0 Å². The van der Waals surface area contributed by atoms with Crippen molar-refractivity contribution in [1.29, 1.82) is 0 Å². The maximum atomic E-state index is 4.98. The predicted molar refractivity (Wildman–Crippen MR) is 84.3 cm³/mol. The lowest BCUT2D eigenvalue weighted by atomic mass is 9.82. The van der Waals surface area contributed by atoms with Crippen LogP contribution in [0.25, 0.3) is 0 Å². The number of hydrogen-bond acceptors (Lipinski definition) is 1. The molecule has 0 amide bonds. The Balaban J connectivity index is 1.93. The summed E-state index contributed by atoms with van der Waals surface area (Å²) in [5, 5.41) is 0. The van der Waals surface area contributed by atoms with Gasteiger partial charge in [-0.2, -0.15) is 12.6 Å². The van der Waals surface area contributed by atoms with Crippen LogP contribution in [0, 0.1) is 23.7 Å². The van der Waals surface area contributed by atoms with Crippen LogP contribution in [0.15, 0.2) is 0 Å². The Morgan fingerprint density at radius 3 is 2.56 bits per heavy atom. The molecule has 2 aliphatic rings. The molecule has 18 heavy (non-hydrogen) atoms. The van der Waals surface area contributed by atoms with Crippen LogP contribution in [0.4, 0.5) is 0 Å². The molecule has 5 unspecified atom stereocenters. The molecule has 0 aliphatic heterocycles. The Kier molecular flexibility index (Phi) is 5.08. The first kappa shape index (κ1) is 14.8. The molecule has 1 heteroatoms. The van der Waals surface area contributed by atoms with E-state index in [0.29, 0.717) is 4.75 Å². The van der Waals surface area contributed by atoms with Gasteiger partial charge in [-0.25, -0.2) is 0 Å². The van der Waals surface area contributed by atoms with Crippen LogP contribution in [0.3, 0.4) is 0 Å². The van der Waals surface area contributed by atoms with Gasteiger partial charge in [-0.3, -0.25) is 0 Å². The van der Waals surface area contributed by atoms with E-state index in [1.807, 2.05) is 0 Å². The topological polar surface area (TPSA) is 0 Å². The molecule has 0 N–H and O–H groups in total. The zero-order valence-electron chi connectivity index (χ0n) is 12.6. The third-order valence-electron chi connectivity index (χ3n) is 5.84. The third-order valence-corrected chi connectivity index (χ3v) is 6.61. The molecule has 2 saturated carbocycles. The normalized spacial score (nSPS) is 46.7. The molecule has 0 heterocycles. The first-order valence-corrected chi connectivity index (χ1v) is 8.72. The van der Waals surface area contributed by atoms with E-state index >= 15 is 0 Å². The second-order valence-electron chi connectivity index (χ2n) is 7.30. The van der Waals surface area contributed by atoms with Gasteiger partial charge in [0.25, 0.3) is 0 Å². The minimum absolute atomic E-state index is 0.439. The second kappa shape index (κ2) is 6.20. The summed E-state index contributed by atoms with van der Waals surface area (Å²) in [5.41, 5.74) is 0. The Morgan fingerprint density at radius 2 is 1.83 bits per heavy atom. The van der Waals surface area contributed by atoms with E-state index in [1.165, 1.54) is 57.8 Å². The van der Waals surface area contributed by atoms with Crippen molar-refractivity contribution in [3.63, 3.8) is 0 Å². The maximum Gasteiger partial charge on any atom is 0.0161 e. The van der Waals surface area contributed by atoms with Gasteiger partial charge in [-0.05, 0) is 55.8 Å². The van der Waals surface area contributed by atoms with Gasteiger partial charge >= 0.3 is 0 Å². The summed E-state index contributed by atoms with van der Waals surface area (Å²) < 4.78 is 0.439. The van der Waals surface area contributed by atoms with E-state index in [1.54, 1.807) is 0 Å². The summed E-state index contributed by atoms with van der Waals surface area (Å²) in [7, 11) is 0. The highest BCUT2D eigenvalue weighted by Crippen LogP contribution is 2.56. The van der Waals surface area contributed by atoms with Crippen LogP contribution in [0.1, 0.15) is 78.6 Å². The highest BCUT2D eigenvalue weighted by Gasteiger charge is 2.50. The van der Waals surface area contributed by atoms with Gasteiger partial charge in [-0.15, -0.1) is 0 Å². The first-order chi connectivity index (χ1) is 8.55. The summed E-state index contributed by atoms with van der Waals surface area (Å²) in [6, 6.07) is 0. The zero-order valence-corrected chi connectivity index (χ0v) is 13.5. The summed E-state index contributed by atoms with van der Waals surface area (Å²) in [6.07, 6.45) is 12.8. The smallest absolute Gasteiger partial charge is 0.0161 e. The Bertz CT molecular complexity index is 262. The summed E-state index contributed by atoms with van der Waals surface area (Å²) >= 11 is 4.98. The van der Waals surface area contributed by atoms with Crippen molar-refractivity contribution in [3.8, 4) is 0 Å². The lowest BCUT2D eigenvalue weighted by Gasteiger charge is -2.25. The van der Waals surface area contributed by atoms with Crippen molar-refractivity contribution in [3.05, 3.63) is 0 Å². The van der Waals surface area contributed by atoms with Crippen molar-refractivity contribution >= 4 is 12.6 Å². The van der Waals surface area contributed by atoms with Crippen molar-refractivity contribution in [2.45, 2.75) is 83.3 Å². The number of fused-ring (bicyclic) bond motifs is 1. The van der Waals surface area contributed by atoms with Gasteiger partial charge in [0.05, 0.1) is 0 Å². The highest BCUT2D eigenvalue weighted by atomic mass is 32.1. The largest absolute Gasteiger partial charge is 0.172 e. The van der Waals surface area contributed by atoms with E-state index in [4.69, 9.17) is 12.6 Å². The molecule has 0 nitrogen and oxygen atoms in total. The van der Waals surface area contributed by atoms with Crippen LogP contribution < -0.4 is 0 Å². The molecule has 106 valence electrons. The first-order valence-electron chi connectivity index (χ1n) is 8.27. The number of thiol groups is 1. The quantitative estimate of drug-likeness (QED) is 0.578. The molecule has 0 aromatic carbocycles. The average molecular weight is 269 g/mol. The maximum absolute atomic E-state index is 4.98. The summed E-state index contributed by atoms with van der Waals surface area (Å²) in [4.78, 5) is 0. The molecular formula is C17H32S. The molecular weight excluding hydrogens is 236 g/mol. The second-order valence-corrected chi connectivity index (χ2v) is 8.19. The number of rotatable bonds is 1. The fourth-order valence-corrected chi connectivity index (χ4v) is 4.49. The molecule has 0 radical (unpaired) electrons. The van der Waals surface area contributed by atoms with Crippen LogP contribution in [-0.2, 0) is 0 Å². The molecule has 2 rings (SSSR count). The Labute approximate surface area is 120 Å². The lowest BCUT2D eigenvalue weighted by Crippen LogP contribution is -2.14. The van der Waals surface area contributed by atoms with Crippen molar-refractivity contribution < 1.29 is 0 Å². The predicted octanol–water partition coefficient (Wildman–Crippen LogP) is 5.72. The lowest BCUT2D eigenvalue weighted by molar-refractivity contribution is 0.277. The van der Waals surface area contributed by atoms with Crippen molar-refractivity contribution in [2.24, 2.45) is 23.7 Å². The van der Waals surface area contributed by atoms with Crippen LogP contribution in [0.2, 0.25) is 0 Å². The standard InChI is InChI=1S/C17H32S/c1-4-15-8-9-16-12-17(16,18)11-10-13(2)6-5-7-14(15)3/h13-16,18H,4-12H2,1-3H3. The minimum Gasteiger partial charge on any atom is -0.172 e. The van der Waals surface area contributed by atoms with Gasteiger partial charge in [-0.1, -0.05) is 46.5 Å². The zero-order chi connectivity index (χ0) is 13.2.